The van der Waals surface area contributed by atoms with E-state index in [0.29, 0.717) is 17.2 Å². The van der Waals surface area contributed by atoms with E-state index >= 15 is 0 Å². The molecule has 1 aromatic carbocycles. The fourth-order valence-electron chi connectivity index (χ4n) is 3.93. The highest BCUT2D eigenvalue weighted by molar-refractivity contribution is 7.19. The molecular weight excluding hydrogens is 344 g/mol. The number of amides is 1. The van der Waals surface area contributed by atoms with Crippen LogP contribution < -0.4 is 10.5 Å². The van der Waals surface area contributed by atoms with Crippen LogP contribution in [-0.4, -0.2) is 18.0 Å². The van der Waals surface area contributed by atoms with E-state index in [9.17, 15) is 4.79 Å². The van der Waals surface area contributed by atoms with Gasteiger partial charge in [0.05, 0.1) is 18.4 Å². The maximum Gasteiger partial charge on any atom is 0.251 e. The molecule has 1 aliphatic rings. The number of ether oxygens (including phenoxy) is 1. The maximum atomic E-state index is 12.3. The molecule has 1 aliphatic carbocycles. The number of primary amides is 1. The Balaban J connectivity index is 2.06. The topological polar surface area (TPSA) is 65.2 Å². The van der Waals surface area contributed by atoms with Crippen molar-refractivity contribution in [3.63, 3.8) is 0 Å². The van der Waals surface area contributed by atoms with Crippen LogP contribution in [0, 0.1) is 12.8 Å². The van der Waals surface area contributed by atoms with E-state index < -0.39 is 5.91 Å². The van der Waals surface area contributed by atoms with Crippen LogP contribution in [0.3, 0.4) is 0 Å². The minimum atomic E-state index is -0.424. The molecule has 0 bridgehead atoms. The molecule has 26 heavy (non-hydrogen) atoms. The second-order valence-electron chi connectivity index (χ2n) is 7.07. The minimum absolute atomic E-state index is 0.424. The van der Waals surface area contributed by atoms with Crippen molar-refractivity contribution < 1.29 is 9.53 Å². The van der Waals surface area contributed by atoms with Crippen molar-refractivity contribution in [1.29, 1.82) is 0 Å². The van der Waals surface area contributed by atoms with Crippen molar-refractivity contribution >= 4 is 27.5 Å². The molecule has 0 spiro atoms. The smallest absolute Gasteiger partial charge is 0.251 e. The normalized spacial score (nSPS) is 16.5. The molecule has 0 saturated carbocycles. The van der Waals surface area contributed by atoms with Crippen molar-refractivity contribution in [2.24, 2.45) is 11.7 Å². The lowest BCUT2D eigenvalue weighted by atomic mass is 9.86. The van der Waals surface area contributed by atoms with Gasteiger partial charge in [0, 0.05) is 15.8 Å². The van der Waals surface area contributed by atoms with E-state index in [1.54, 1.807) is 18.4 Å². The van der Waals surface area contributed by atoms with E-state index in [1.165, 1.54) is 16.9 Å². The van der Waals surface area contributed by atoms with Crippen LogP contribution in [0.5, 0.6) is 5.75 Å². The van der Waals surface area contributed by atoms with Gasteiger partial charge in [0.1, 0.15) is 10.6 Å². The lowest BCUT2D eigenvalue weighted by Gasteiger charge is -2.19. The molecule has 0 fully saturated rings. The Bertz CT molecular complexity index is 1010. The first kappa shape index (κ1) is 17.0. The summed E-state index contributed by atoms with van der Waals surface area (Å²) in [4.78, 5) is 19.4. The first-order valence-corrected chi connectivity index (χ1v) is 9.70. The zero-order chi connectivity index (χ0) is 18.4. The van der Waals surface area contributed by atoms with E-state index in [2.05, 4.69) is 6.92 Å². The summed E-state index contributed by atoms with van der Waals surface area (Å²) in [5, 5.41) is 1.11. The number of hydrogen-bond donors (Lipinski definition) is 1. The number of carbonyl (C=O) groups is 1. The Labute approximate surface area is 157 Å². The van der Waals surface area contributed by atoms with Gasteiger partial charge in [0.25, 0.3) is 5.91 Å². The molecule has 1 amide bonds. The maximum absolute atomic E-state index is 12.3. The summed E-state index contributed by atoms with van der Waals surface area (Å²) in [7, 11) is 1.65. The average Bonchev–Trinajstić information content (AvgIpc) is 2.97. The molecule has 4 rings (SSSR count). The number of methoxy groups -OCH3 is 1. The van der Waals surface area contributed by atoms with Crippen LogP contribution in [0.1, 0.15) is 39.8 Å². The van der Waals surface area contributed by atoms with Crippen LogP contribution in [0.4, 0.5) is 0 Å². The van der Waals surface area contributed by atoms with E-state index in [4.69, 9.17) is 15.5 Å². The van der Waals surface area contributed by atoms with Crippen LogP contribution in [0.15, 0.2) is 24.3 Å². The fraction of sp³-hybridized carbons (Fsp3) is 0.333. The van der Waals surface area contributed by atoms with Gasteiger partial charge in [-0.2, -0.15) is 0 Å². The summed E-state index contributed by atoms with van der Waals surface area (Å²) < 4.78 is 5.28. The zero-order valence-corrected chi connectivity index (χ0v) is 16.1. The molecule has 4 nitrogen and oxygen atoms in total. The number of aromatic nitrogens is 1. The molecule has 0 aliphatic heterocycles. The van der Waals surface area contributed by atoms with Crippen molar-refractivity contribution in [3.8, 4) is 16.9 Å². The van der Waals surface area contributed by atoms with Crippen molar-refractivity contribution in [3.05, 3.63) is 46.0 Å². The van der Waals surface area contributed by atoms with Gasteiger partial charge >= 0.3 is 0 Å². The summed E-state index contributed by atoms with van der Waals surface area (Å²) in [6.07, 6.45) is 3.28. The third kappa shape index (κ3) is 2.67. The monoisotopic (exact) mass is 366 g/mol. The van der Waals surface area contributed by atoms with Crippen LogP contribution in [-0.2, 0) is 12.8 Å². The third-order valence-corrected chi connectivity index (χ3v) is 6.40. The van der Waals surface area contributed by atoms with Gasteiger partial charge in [-0.15, -0.1) is 11.3 Å². The second kappa shape index (κ2) is 6.40. The predicted molar refractivity (Wildman–Crippen MR) is 106 cm³/mol. The lowest BCUT2D eigenvalue weighted by Crippen LogP contribution is -2.16. The van der Waals surface area contributed by atoms with Crippen LogP contribution >= 0.6 is 11.3 Å². The molecular formula is C21H22N2O2S. The third-order valence-electron chi connectivity index (χ3n) is 5.25. The Morgan fingerprint density at radius 2 is 2.04 bits per heavy atom. The lowest BCUT2D eigenvalue weighted by molar-refractivity contribution is 0.1000. The largest absolute Gasteiger partial charge is 0.497 e. The summed E-state index contributed by atoms with van der Waals surface area (Å²) in [6.45, 7) is 4.17. The number of thiophene rings is 1. The number of fused-ring (bicyclic) bond motifs is 3. The number of nitrogens with two attached hydrogens (primary N) is 1. The minimum Gasteiger partial charge on any atom is -0.497 e. The second-order valence-corrected chi connectivity index (χ2v) is 8.16. The Hall–Kier alpha value is -2.40. The molecule has 5 heteroatoms. The predicted octanol–water partition coefficient (Wildman–Crippen LogP) is 4.50. The highest BCUT2D eigenvalue weighted by Gasteiger charge is 2.27. The molecule has 2 heterocycles. The Morgan fingerprint density at radius 1 is 1.31 bits per heavy atom. The summed E-state index contributed by atoms with van der Waals surface area (Å²) >= 11 is 1.77. The SMILES string of the molecule is COc1ccc(-c2c(C(N)=O)c(C)nc3sc4c(c23)CC[C@@H](C)C4)cc1. The fourth-order valence-corrected chi connectivity index (χ4v) is 5.37. The number of benzene rings is 1. The molecule has 0 unspecified atom stereocenters. The van der Waals surface area contributed by atoms with Crippen LogP contribution in [0.2, 0.25) is 0 Å². The molecule has 1 atom stereocenters. The van der Waals surface area contributed by atoms with Gasteiger partial charge in [-0.3, -0.25) is 4.79 Å². The average molecular weight is 366 g/mol. The van der Waals surface area contributed by atoms with E-state index in [-0.39, 0.29) is 0 Å². The van der Waals surface area contributed by atoms with Gasteiger partial charge < -0.3 is 10.5 Å². The number of carbonyl (C=O) groups excluding carboxylic acids is 1. The quantitative estimate of drug-likeness (QED) is 0.742. The summed E-state index contributed by atoms with van der Waals surface area (Å²) in [6, 6.07) is 7.83. The first-order valence-electron chi connectivity index (χ1n) is 8.88. The van der Waals surface area contributed by atoms with E-state index in [1.807, 2.05) is 31.2 Å². The van der Waals surface area contributed by atoms with E-state index in [0.717, 1.165) is 39.9 Å². The van der Waals surface area contributed by atoms with Crippen molar-refractivity contribution in [2.75, 3.05) is 7.11 Å². The molecule has 3 aromatic rings. The Morgan fingerprint density at radius 3 is 2.69 bits per heavy atom. The van der Waals surface area contributed by atoms with Gasteiger partial charge in [0.15, 0.2) is 0 Å². The summed E-state index contributed by atoms with van der Waals surface area (Å²) in [5.74, 6) is 1.06. The molecule has 0 radical (unpaired) electrons. The number of aryl methyl sites for hydroxylation is 2. The van der Waals surface area contributed by atoms with Crippen molar-refractivity contribution in [2.45, 2.75) is 33.1 Å². The van der Waals surface area contributed by atoms with Crippen molar-refractivity contribution in [1.82, 2.24) is 4.98 Å². The van der Waals surface area contributed by atoms with Gasteiger partial charge in [-0.25, -0.2) is 4.98 Å². The molecule has 2 N–H and O–H groups in total. The first-order chi connectivity index (χ1) is 12.5. The number of rotatable bonds is 3. The highest BCUT2D eigenvalue weighted by atomic mass is 32.1. The summed E-state index contributed by atoms with van der Waals surface area (Å²) in [5.41, 5.74) is 10.3. The molecule has 134 valence electrons. The van der Waals surface area contributed by atoms with Gasteiger partial charge in [-0.05, 0) is 55.4 Å². The standard InChI is InChI=1S/C21H22N2O2S/c1-11-4-9-15-16(10-11)26-21-19(15)18(17(20(22)24)12(2)23-21)13-5-7-14(25-3)8-6-13/h5-8,11H,4,9-10H2,1-3H3,(H2,22,24)/t11-/m1/s1. The van der Waals surface area contributed by atoms with Gasteiger partial charge in [-0.1, -0.05) is 19.1 Å². The molecule has 2 aromatic heterocycles. The van der Waals surface area contributed by atoms with Gasteiger partial charge in [0.2, 0.25) is 0 Å². The zero-order valence-electron chi connectivity index (χ0n) is 15.3. The Kier molecular flexibility index (Phi) is 4.19. The number of nitrogens with zero attached hydrogens (tertiary/aromatic N) is 1. The van der Waals surface area contributed by atoms with Crippen LogP contribution in [0.25, 0.3) is 21.3 Å². The number of pyridine rings is 1. The number of hydrogen-bond acceptors (Lipinski definition) is 4. The molecule has 0 saturated heterocycles. The highest BCUT2D eigenvalue weighted by Crippen LogP contribution is 2.44.